The van der Waals surface area contributed by atoms with E-state index in [2.05, 4.69) is 39.9 Å². The molecule has 0 bridgehead atoms. The van der Waals surface area contributed by atoms with Crippen molar-refractivity contribution in [3.8, 4) is 11.3 Å². The molecule has 2 aromatic carbocycles. The highest BCUT2D eigenvalue weighted by Crippen LogP contribution is 2.22. The van der Waals surface area contributed by atoms with E-state index in [0.29, 0.717) is 6.04 Å². The molecule has 3 aromatic rings. The summed E-state index contributed by atoms with van der Waals surface area (Å²) in [5.74, 6) is 0.648. The zero-order chi connectivity index (χ0) is 19.9. The molecular formula is C24H27FN4. The van der Waals surface area contributed by atoms with Crippen LogP contribution in [0.5, 0.6) is 0 Å². The Kier molecular flexibility index (Phi) is 6.47. The molecule has 4 nitrogen and oxygen atoms in total. The summed E-state index contributed by atoms with van der Waals surface area (Å²) in [5, 5.41) is 7.05. The Labute approximate surface area is 171 Å². The lowest BCUT2D eigenvalue weighted by molar-refractivity contribution is 0.479. The minimum atomic E-state index is -0.182. The lowest BCUT2D eigenvalue weighted by Gasteiger charge is -2.24. The Hall–Kier alpha value is -2.79. The van der Waals surface area contributed by atoms with Crippen molar-refractivity contribution in [1.82, 2.24) is 15.3 Å². The van der Waals surface area contributed by atoms with Crippen molar-refractivity contribution < 1.29 is 4.39 Å². The molecule has 0 saturated carbocycles. The lowest BCUT2D eigenvalue weighted by atomic mass is 10.1. The number of nitrogens with zero attached hydrogens (tertiary/aromatic N) is 2. The zero-order valence-electron chi connectivity index (χ0n) is 16.6. The van der Waals surface area contributed by atoms with Gasteiger partial charge < -0.3 is 10.6 Å². The normalized spacial score (nSPS) is 14.7. The maximum atomic E-state index is 13.3. The van der Waals surface area contributed by atoms with Crippen LogP contribution in [-0.2, 0) is 12.8 Å². The van der Waals surface area contributed by atoms with E-state index < -0.39 is 0 Å². The van der Waals surface area contributed by atoms with Crippen molar-refractivity contribution in [2.75, 3.05) is 18.4 Å². The van der Waals surface area contributed by atoms with E-state index in [-0.39, 0.29) is 5.82 Å². The molecule has 1 aliphatic heterocycles. The first-order chi connectivity index (χ1) is 14.3. The molecule has 5 heteroatoms. The molecule has 29 heavy (non-hydrogen) atoms. The minimum Gasteiger partial charge on any atom is -0.382 e. The first-order valence-electron chi connectivity index (χ1n) is 10.4. The smallest absolute Gasteiger partial charge is 0.128 e. The predicted molar refractivity (Wildman–Crippen MR) is 115 cm³/mol. The Morgan fingerprint density at radius 1 is 1.00 bits per heavy atom. The van der Waals surface area contributed by atoms with Gasteiger partial charge in [0.05, 0.1) is 5.69 Å². The summed E-state index contributed by atoms with van der Waals surface area (Å²) in [6, 6.07) is 17.7. The quantitative estimate of drug-likeness (QED) is 0.618. The van der Waals surface area contributed by atoms with Gasteiger partial charge in [-0.2, -0.15) is 0 Å². The van der Waals surface area contributed by atoms with Crippen LogP contribution < -0.4 is 10.6 Å². The van der Waals surface area contributed by atoms with Crippen LogP contribution in [0.25, 0.3) is 11.3 Å². The summed E-state index contributed by atoms with van der Waals surface area (Å²) in [4.78, 5) is 9.18. The topological polar surface area (TPSA) is 49.8 Å². The van der Waals surface area contributed by atoms with Gasteiger partial charge >= 0.3 is 0 Å². The van der Waals surface area contributed by atoms with Crippen LogP contribution in [-0.4, -0.2) is 29.1 Å². The highest BCUT2D eigenvalue weighted by Gasteiger charge is 2.13. The van der Waals surface area contributed by atoms with E-state index in [1.807, 2.05) is 18.3 Å². The second-order valence-electron chi connectivity index (χ2n) is 7.59. The molecule has 0 radical (unpaired) electrons. The molecule has 4 rings (SSSR count). The third-order valence-electron chi connectivity index (χ3n) is 5.33. The summed E-state index contributed by atoms with van der Waals surface area (Å²) in [6.45, 7) is 2.14. The number of piperidine rings is 1. The van der Waals surface area contributed by atoms with Gasteiger partial charge in [-0.3, -0.25) is 0 Å². The van der Waals surface area contributed by atoms with Crippen molar-refractivity contribution >= 4 is 5.69 Å². The van der Waals surface area contributed by atoms with Gasteiger partial charge in [0.2, 0.25) is 0 Å². The first kappa shape index (κ1) is 19.5. The van der Waals surface area contributed by atoms with Crippen molar-refractivity contribution in [1.29, 1.82) is 0 Å². The monoisotopic (exact) mass is 390 g/mol. The molecule has 1 fully saturated rings. The van der Waals surface area contributed by atoms with Gasteiger partial charge in [0.15, 0.2) is 0 Å². The average molecular weight is 391 g/mol. The molecule has 0 amide bonds. The fourth-order valence-electron chi connectivity index (χ4n) is 3.79. The molecule has 0 atom stereocenters. The molecule has 150 valence electrons. The Morgan fingerprint density at radius 3 is 2.72 bits per heavy atom. The van der Waals surface area contributed by atoms with E-state index in [0.717, 1.165) is 73.5 Å². The van der Waals surface area contributed by atoms with E-state index in [1.54, 1.807) is 12.1 Å². The average Bonchev–Trinajstić information content (AvgIpc) is 2.75. The SMILES string of the molecule is Fc1cccc(CCCc2nccc(-c3cccc(NC4CCNCC4)c3)n2)c1. The maximum Gasteiger partial charge on any atom is 0.128 e. The molecule has 1 aromatic heterocycles. The van der Waals surface area contributed by atoms with Crippen LogP contribution in [0, 0.1) is 5.82 Å². The number of anilines is 1. The molecule has 0 unspecified atom stereocenters. The van der Waals surface area contributed by atoms with E-state index >= 15 is 0 Å². The summed E-state index contributed by atoms with van der Waals surface area (Å²) in [6.07, 6.45) is 6.61. The van der Waals surface area contributed by atoms with Crippen LogP contribution in [0.1, 0.15) is 30.7 Å². The second kappa shape index (κ2) is 9.61. The molecule has 2 N–H and O–H groups in total. The zero-order valence-corrected chi connectivity index (χ0v) is 16.6. The molecule has 2 heterocycles. The van der Waals surface area contributed by atoms with Gasteiger partial charge in [0, 0.05) is 29.9 Å². The maximum absolute atomic E-state index is 13.3. The van der Waals surface area contributed by atoms with Gasteiger partial charge in [0.25, 0.3) is 0 Å². The summed E-state index contributed by atoms with van der Waals surface area (Å²) in [7, 11) is 0. The van der Waals surface area contributed by atoms with Crippen molar-refractivity contribution in [2.24, 2.45) is 0 Å². The number of hydrogen-bond donors (Lipinski definition) is 2. The van der Waals surface area contributed by atoms with E-state index in [4.69, 9.17) is 4.98 Å². The van der Waals surface area contributed by atoms with Crippen LogP contribution >= 0.6 is 0 Å². The van der Waals surface area contributed by atoms with E-state index in [9.17, 15) is 4.39 Å². The van der Waals surface area contributed by atoms with E-state index in [1.165, 1.54) is 6.07 Å². The number of benzene rings is 2. The van der Waals surface area contributed by atoms with Gasteiger partial charge in [-0.1, -0.05) is 24.3 Å². The molecular weight excluding hydrogens is 363 g/mol. The van der Waals surface area contributed by atoms with Crippen LogP contribution in [0.3, 0.4) is 0 Å². The first-order valence-corrected chi connectivity index (χ1v) is 10.4. The standard InChI is InChI=1S/C24H27FN4/c25-20-7-1-4-18(16-20)5-2-9-24-27-15-12-23(29-24)19-6-3-8-22(17-19)28-21-10-13-26-14-11-21/h1,3-4,6-8,12,15-17,21,26,28H,2,5,9-11,13-14H2. The molecule has 1 saturated heterocycles. The highest BCUT2D eigenvalue weighted by molar-refractivity contribution is 5.65. The summed E-state index contributed by atoms with van der Waals surface area (Å²) in [5.41, 5.74) is 4.19. The van der Waals surface area contributed by atoms with Gasteiger partial charge in [-0.15, -0.1) is 0 Å². The number of nitrogens with one attached hydrogen (secondary N) is 2. The summed E-state index contributed by atoms with van der Waals surface area (Å²) < 4.78 is 13.3. The number of hydrogen-bond acceptors (Lipinski definition) is 4. The number of rotatable bonds is 7. The fraction of sp³-hybridized carbons (Fsp3) is 0.333. The van der Waals surface area contributed by atoms with Crippen molar-refractivity contribution in [3.63, 3.8) is 0 Å². The third-order valence-corrected chi connectivity index (χ3v) is 5.33. The van der Waals surface area contributed by atoms with Crippen LogP contribution in [0.15, 0.2) is 60.8 Å². The predicted octanol–water partition coefficient (Wildman–Crippen LogP) is 4.62. The largest absolute Gasteiger partial charge is 0.382 e. The third kappa shape index (κ3) is 5.61. The minimum absolute atomic E-state index is 0.182. The Balaban J connectivity index is 1.39. The van der Waals surface area contributed by atoms with Gasteiger partial charge in [0.1, 0.15) is 11.6 Å². The highest BCUT2D eigenvalue weighted by atomic mass is 19.1. The number of halogens is 1. The van der Waals surface area contributed by atoms with Crippen LogP contribution in [0.2, 0.25) is 0 Å². The number of aromatic nitrogens is 2. The van der Waals surface area contributed by atoms with Crippen LogP contribution in [0.4, 0.5) is 10.1 Å². The van der Waals surface area contributed by atoms with Gasteiger partial charge in [-0.05, 0) is 74.7 Å². The Morgan fingerprint density at radius 2 is 1.86 bits per heavy atom. The summed E-state index contributed by atoms with van der Waals surface area (Å²) >= 11 is 0. The molecule has 1 aliphatic rings. The second-order valence-corrected chi connectivity index (χ2v) is 7.59. The van der Waals surface area contributed by atoms with Crippen molar-refractivity contribution in [2.45, 2.75) is 38.1 Å². The fourth-order valence-corrected chi connectivity index (χ4v) is 3.79. The molecule has 0 aliphatic carbocycles. The van der Waals surface area contributed by atoms with Gasteiger partial charge in [-0.25, -0.2) is 14.4 Å². The number of aryl methyl sites for hydroxylation is 2. The Bertz CT molecular complexity index is 937. The molecule has 0 spiro atoms. The van der Waals surface area contributed by atoms with Crippen molar-refractivity contribution in [3.05, 3.63) is 78.0 Å². The lowest BCUT2D eigenvalue weighted by Crippen LogP contribution is -2.35.